The zero-order valence-electron chi connectivity index (χ0n) is 13.8. The maximum Gasteiger partial charge on any atom is 0.269 e. The molecule has 3 aromatic rings. The van der Waals surface area contributed by atoms with Gasteiger partial charge in [-0.1, -0.05) is 24.3 Å². The van der Waals surface area contributed by atoms with Crippen molar-refractivity contribution in [2.75, 3.05) is 7.11 Å². The largest absolute Gasteiger partial charge is 0.497 e. The molecular formula is C19H19N3O3. The molecule has 2 aromatic carbocycles. The van der Waals surface area contributed by atoms with E-state index in [0.717, 1.165) is 22.4 Å². The number of amides is 1. The molecule has 1 amide bonds. The fourth-order valence-corrected chi connectivity index (χ4v) is 2.50. The van der Waals surface area contributed by atoms with Gasteiger partial charge in [0.2, 0.25) is 0 Å². The number of nitrogens with one attached hydrogen (secondary N) is 2. The average Bonchev–Trinajstić information content (AvgIpc) is 3.16. The van der Waals surface area contributed by atoms with E-state index >= 15 is 0 Å². The Kier molecular flexibility index (Phi) is 5.11. The van der Waals surface area contributed by atoms with Gasteiger partial charge in [-0.05, 0) is 41.5 Å². The summed E-state index contributed by atoms with van der Waals surface area (Å²) in [4.78, 5) is 12.3. The molecular weight excluding hydrogens is 318 g/mol. The molecule has 0 aliphatic heterocycles. The molecule has 1 heterocycles. The Morgan fingerprint density at radius 3 is 2.56 bits per heavy atom. The predicted octanol–water partition coefficient (Wildman–Crippen LogP) is 2.51. The van der Waals surface area contributed by atoms with Crippen molar-refractivity contribution < 1.29 is 14.6 Å². The summed E-state index contributed by atoms with van der Waals surface area (Å²) in [6, 6.07) is 16.6. The van der Waals surface area contributed by atoms with Gasteiger partial charge in [0.25, 0.3) is 5.91 Å². The molecule has 0 aliphatic carbocycles. The molecule has 0 bridgehead atoms. The summed E-state index contributed by atoms with van der Waals surface area (Å²) in [7, 11) is 1.61. The van der Waals surface area contributed by atoms with Crippen LogP contribution in [-0.4, -0.2) is 28.3 Å². The van der Waals surface area contributed by atoms with Crippen molar-refractivity contribution in [2.45, 2.75) is 13.2 Å². The van der Waals surface area contributed by atoms with E-state index < -0.39 is 0 Å². The van der Waals surface area contributed by atoms with E-state index in [9.17, 15) is 9.90 Å². The number of H-pyrrole nitrogens is 1. The Balaban J connectivity index is 1.68. The van der Waals surface area contributed by atoms with Gasteiger partial charge in [0, 0.05) is 12.1 Å². The number of aromatic amines is 1. The van der Waals surface area contributed by atoms with Crippen LogP contribution in [0.4, 0.5) is 0 Å². The van der Waals surface area contributed by atoms with E-state index in [1.807, 2.05) is 48.5 Å². The number of aromatic nitrogens is 2. The number of ether oxygens (including phenoxy) is 1. The van der Waals surface area contributed by atoms with Crippen LogP contribution in [0.1, 0.15) is 21.6 Å². The summed E-state index contributed by atoms with van der Waals surface area (Å²) in [5, 5.41) is 19.1. The minimum Gasteiger partial charge on any atom is -0.497 e. The van der Waals surface area contributed by atoms with Crippen molar-refractivity contribution >= 4 is 5.91 Å². The van der Waals surface area contributed by atoms with Gasteiger partial charge in [-0.2, -0.15) is 5.10 Å². The van der Waals surface area contributed by atoms with Crippen LogP contribution >= 0.6 is 0 Å². The lowest BCUT2D eigenvalue weighted by molar-refractivity contribution is 0.0945. The number of carbonyl (C=O) groups is 1. The van der Waals surface area contributed by atoms with Crippen LogP contribution < -0.4 is 10.1 Å². The SMILES string of the molecule is COc1ccc(-c2cc(C(=O)NCc3ccccc3CO)[nH]n2)cc1. The van der Waals surface area contributed by atoms with Gasteiger partial charge >= 0.3 is 0 Å². The average molecular weight is 337 g/mol. The Morgan fingerprint density at radius 2 is 1.88 bits per heavy atom. The van der Waals surface area contributed by atoms with Gasteiger partial charge in [-0.25, -0.2) is 0 Å². The molecule has 6 nitrogen and oxygen atoms in total. The topological polar surface area (TPSA) is 87.2 Å². The molecule has 3 N–H and O–H groups in total. The molecule has 0 saturated carbocycles. The number of methoxy groups -OCH3 is 1. The summed E-state index contributed by atoms with van der Waals surface area (Å²) in [6.45, 7) is 0.282. The molecule has 0 saturated heterocycles. The molecule has 25 heavy (non-hydrogen) atoms. The van der Waals surface area contributed by atoms with E-state index in [4.69, 9.17) is 4.74 Å². The van der Waals surface area contributed by atoms with Crippen LogP contribution in [0.25, 0.3) is 11.3 Å². The lowest BCUT2D eigenvalue weighted by atomic mass is 10.1. The normalized spacial score (nSPS) is 10.5. The van der Waals surface area contributed by atoms with Crippen molar-refractivity contribution in [3.05, 3.63) is 71.4 Å². The fourth-order valence-electron chi connectivity index (χ4n) is 2.50. The second kappa shape index (κ2) is 7.63. The van der Waals surface area contributed by atoms with E-state index in [-0.39, 0.29) is 12.5 Å². The number of hydrogen-bond donors (Lipinski definition) is 3. The molecule has 0 radical (unpaired) electrons. The second-order valence-electron chi connectivity index (χ2n) is 5.50. The molecule has 0 spiro atoms. The van der Waals surface area contributed by atoms with Gasteiger partial charge in [-0.3, -0.25) is 9.89 Å². The third kappa shape index (κ3) is 3.87. The molecule has 0 unspecified atom stereocenters. The van der Waals surface area contributed by atoms with Gasteiger partial charge in [-0.15, -0.1) is 0 Å². The van der Waals surface area contributed by atoms with E-state index in [0.29, 0.717) is 17.9 Å². The summed E-state index contributed by atoms with van der Waals surface area (Å²) in [6.07, 6.45) is 0. The molecule has 6 heteroatoms. The number of hydrogen-bond acceptors (Lipinski definition) is 4. The highest BCUT2D eigenvalue weighted by Gasteiger charge is 2.11. The zero-order valence-corrected chi connectivity index (χ0v) is 13.8. The number of aliphatic hydroxyl groups is 1. The molecule has 0 aliphatic rings. The fraction of sp³-hybridized carbons (Fsp3) is 0.158. The number of nitrogens with zero attached hydrogens (tertiary/aromatic N) is 1. The van der Waals surface area contributed by atoms with Gasteiger partial charge in [0.15, 0.2) is 0 Å². The molecule has 0 fully saturated rings. The highest BCUT2D eigenvalue weighted by Crippen LogP contribution is 2.21. The van der Waals surface area contributed by atoms with E-state index in [1.54, 1.807) is 13.2 Å². The minimum absolute atomic E-state index is 0.0578. The van der Waals surface area contributed by atoms with Crippen molar-refractivity contribution in [1.82, 2.24) is 15.5 Å². The third-order valence-corrected chi connectivity index (χ3v) is 3.94. The van der Waals surface area contributed by atoms with Crippen molar-refractivity contribution in [3.63, 3.8) is 0 Å². The Labute approximate surface area is 145 Å². The van der Waals surface area contributed by atoms with Gasteiger partial charge < -0.3 is 15.2 Å². The third-order valence-electron chi connectivity index (χ3n) is 3.94. The number of carbonyl (C=O) groups excluding carboxylic acids is 1. The van der Waals surface area contributed by atoms with Crippen LogP contribution in [-0.2, 0) is 13.2 Å². The first-order chi connectivity index (χ1) is 12.2. The summed E-state index contributed by atoms with van der Waals surface area (Å²) >= 11 is 0. The highest BCUT2D eigenvalue weighted by atomic mass is 16.5. The highest BCUT2D eigenvalue weighted by molar-refractivity contribution is 5.93. The van der Waals surface area contributed by atoms with E-state index in [2.05, 4.69) is 15.5 Å². The Morgan fingerprint density at radius 1 is 1.16 bits per heavy atom. The zero-order chi connectivity index (χ0) is 17.6. The van der Waals surface area contributed by atoms with E-state index in [1.165, 1.54) is 0 Å². The first-order valence-corrected chi connectivity index (χ1v) is 7.87. The second-order valence-corrected chi connectivity index (χ2v) is 5.50. The number of rotatable bonds is 6. The standard InChI is InChI=1S/C19H19N3O3/c1-25-16-8-6-13(7-9-16)17-10-18(22-21-17)19(24)20-11-14-4-2-3-5-15(14)12-23/h2-10,23H,11-12H2,1H3,(H,20,24)(H,21,22). The summed E-state index contributed by atoms with van der Waals surface area (Å²) < 4.78 is 5.13. The maximum atomic E-state index is 12.3. The minimum atomic E-state index is -0.250. The Bertz CT molecular complexity index is 856. The molecule has 128 valence electrons. The van der Waals surface area contributed by atoms with Crippen LogP contribution in [0.3, 0.4) is 0 Å². The number of benzene rings is 2. The van der Waals surface area contributed by atoms with Crippen LogP contribution in [0, 0.1) is 0 Å². The predicted molar refractivity (Wildman–Crippen MR) is 94.1 cm³/mol. The summed E-state index contributed by atoms with van der Waals surface area (Å²) in [5.74, 6) is 0.514. The molecule has 3 rings (SSSR count). The molecule has 1 aromatic heterocycles. The maximum absolute atomic E-state index is 12.3. The van der Waals surface area contributed by atoms with Gasteiger partial charge in [0.1, 0.15) is 11.4 Å². The summed E-state index contributed by atoms with van der Waals surface area (Å²) in [5.41, 5.74) is 3.64. The van der Waals surface area contributed by atoms with Crippen LogP contribution in [0.5, 0.6) is 5.75 Å². The number of aliphatic hydroxyl groups excluding tert-OH is 1. The van der Waals surface area contributed by atoms with Gasteiger partial charge in [0.05, 0.1) is 19.4 Å². The van der Waals surface area contributed by atoms with Crippen LogP contribution in [0.15, 0.2) is 54.6 Å². The van der Waals surface area contributed by atoms with Crippen molar-refractivity contribution in [3.8, 4) is 17.0 Å². The molecule has 0 atom stereocenters. The van der Waals surface area contributed by atoms with Crippen molar-refractivity contribution in [1.29, 1.82) is 0 Å². The van der Waals surface area contributed by atoms with Crippen molar-refractivity contribution in [2.24, 2.45) is 0 Å². The Hall–Kier alpha value is -3.12. The first-order valence-electron chi connectivity index (χ1n) is 7.87. The first kappa shape index (κ1) is 16.7. The quantitative estimate of drug-likeness (QED) is 0.645. The lowest BCUT2D eigenvalue weighted by Gasteiger charge is -2.08. The smallest absolute Gasteiger partial charge is 0.269 e. The lowest BCUT2D eigenvalue weighted by Crippen LogP contribution is -2.23. The van der Waals surface area contributed by atoms with Crippen LogP contribution in [0.2, 0.25) is 0 Å². The monoisotopic (exact) mass is 337 g/mol.